The highest BCUT2D eigenvalue weighted by Gasteiger charge is 2.17. The third-order valence-electron chi connectivity index (χ3n) is 3.25. The maximum atomic E-state index is 5.38. The van der Waals surface area contributed by atoms with Crippen LogP contribution in [-0.2, 0) is 11.3 Å². The van der Waals surface area contributed by atoms with Crippen LogP contribution in [0, 0.1) is 13.8 Å². The molecule has 0 aliphatic carbocycles. The van der Waals surface area contributed by atoms with Gasteiger partial charge in [0, 0.05) is 30.9 Å². The average molecular weight is 251 g/mol. The van der Waals surface area contributed by atoms with Gasteiger partial charge in [-0.05, 0) is 13.8 Å². The van der Waals surface area contributed by atoms with Gasteiger partial charge in [-0.2, -0.15) is 0 Å². The highest BCUT2D eigenvalue weighted by Crippen LogP contribution is 2.28. The number of ether oxygens (including phenoxy) is 1. The van der Waals surface area contributed by atoms with Crippen LogP contribution in [-0.4, -0.2) is 41.2 Å². The predicted octanol–water partition coefficient (Wildman–Crippen LogP) is 2.07. The Morgan fingerprint density at radius 3 is 2.88 bits per heavy atom. The summed E-state index contributed by atoms with van der Waals surface area (Å²) in [4.78, 5) is 10.3. The zero-order chi connectivity index (χ0) is 11.8. The lowest BCUT2D eigenvalue weighted by Crippen LogP contribution is -2.35. The summed E-state index contributed by atoms with van der Waals surface area (Å²) in [5.74, 6) is 0. The van der Waals surface area contributed by atoms with Gasteiger partial charge in [-0.3, -0.25) is 4.90 Å². The number of aryl methyl sites for hydroxylation is 2. The van der Waals surface area contributed by atoms with Crippen LogP contribution in [0.15, 0.2) is 0 Å². The lowest BCUT2D eigenvalue weighted by molar-refractivity contribution is 0.0343. The number of hydrogen-bond acceptors (Lipinski definition) is 4. The van der Waals surface area contributed by atoms with Gasteiger partial charge in [0.05, 0.1) is 22.9 Å². The Labute approximate surface area is 105 Å². The summed E-state index contributed by atoms with van der Waals surface area (Å²) in [5, 5.41) is 1.13. The van der Waals surface area contributed by atoms with Crippen molar-refractivity contribution in [1.29, 1.82) is 0 Å². The molecule has 0 saturated carbocycles. The molecular weight excluding hydrogens is 234 g/mol. The van der Waals surface area contributed by atoms with E-state index >= 15 is 0 Å². The fourth-order valence-electron chi connectivity index (χ4n) is 2.31. The smallest absolute Gasteiger partial charge is 0.149 e. The lowest BCUT2D eigenvalue weighted by Gasteiger charge is -2.26. The van der Waals surface area contributed by atoms with Crippen LogP contribution in [0.2, 0.25) is 0 Å². The van der Waals surface area contributed by atoms with Crippen molar-refractivity contribution in [2.24, 2.45) is 0 Å². The number of aromatic nitrogens is 2. The van der Waals surface area contributed by atoms with E-state index in [4.69, 9.17) is 4.74 Å². The summed E-state index contributed by atoms with van der Waals surface area (Å²) in [6.45, 7) is 8.99. The van der Waals surface area contributed by atoms with Crippen molar-refractivity contribution in [3.63, 3.8) is 0 Å². The van der Waals surface area contributed by atoms with Crippen molar-refractivity contribution in [3.05, 3.63) is 16.3 Å². The number of rotatable bonds is 2. The Bertz CT molecular complexity index is 525. The number of nitrogens with one attached hydrogen (secondary N) is 1. The largest absolute Gasteiger partial charge is 0.379 e. The normalized spacial score (nSPS) is 18.0. The van der Waals surface area contributed by atoms with Crippen LogP contribution in [0.25, 0.3) is 10.3 Å². The molecule has 0 amide bonds. The van der Waals surface area contributed by atoms with Crippen molar-refractivity contribution in [3.8, 4) is 0 Å². The van der Waals surface area contributed by atoms with Crippen LogP contribution in [0.3, 0.4) is 0 Å². The van der Waals surface area contributed by atoms with Gasteiger partial charge in [-0.15, -0.1) is 11.3 Å². The second-order valence-corrected chi connectivity index (χ2v) is 5.73. The zero-order valence-corrected chi connectivity index (χ0v) is 11.1. The number of fused-ring (bicyclic) bond motifs is 1. The molecule has 1 N–H and O–H groups in total. The van der Waals surface area contributed by atoms with Gasteiger partial charge in [0.1, 0.15) is 5.65 Å². The topological polar surface area (TPSA) is 41.2 Å². The third-order valence-corrected chi connectivity index (χ3v) is 4.28. The van der Waals surface area contributed by atoms with E-state index in [1.165, 1.54) is 16.0 Å². The van der Waals surface area contributed by atoms with E-state index in [1.807, 2.05) is 0 Å². The summed E-state index contributed by atoms with van der Waals surface area (Å²) >= 11 is 1.79. The van der Waals surface area contributed by atoms with Crippen molar-refractivity contribution in [2.45, 2.75) is 20.4 Å². The maximum Gasteiger partial charge on any atom is 0.149 e. The van der Waals surface area contributed by atoms with Gasteiger partial charge >= 0.3 is 0 Å². The molecule has 4 nitrogen and oxygen atoms in total. The molecule has 2 aromatic heterocycles. The van der Waals surface area contributed by atoms with Crippen LogP contribution >= 0.6 is 11.3 Å². The van der Waals surface area contributed by atoms with Crippen molar-refractivity contribution < 1.29 is 4.74 Å². The van der Waals surface area contributed by atoms with Crippen LogP contribution in [0.4, 0.5) is 0 Å². The molecule has 3 rings (SSSR count). The molecule has 1 saturated heterocycles. The van der Waals surface area contributed by atoms with E-state index in [9.17, 15) is 0 Å². The second-order valence-electron chi connectivity index (χ2n) is 4.53. The van der Waals surface area contributed by atoms with Gasteiger partial charge in [0.15, 0.2) is 0 Å². The van der Waals surface area contributed by atoms with Crippen LogP contribution < -0.4 is 0 Å². The molecular formula is C12H17N3OS. The van der Waals surface area contributed by atoms with Gasteiger partial charge in [-0.1, -0.05) is 0 Å². The van der Waals surface area contributed by atoms with Gasteiger partial charge < -0.3 is 9.72 Å². The molecule has 0 atom stereocenters. The Balaban J connectivity index is 1.89. The molecule has 0 unspecified atom stereocenters. The molecule has 17 heavy (non-hydrogen) atoms. The first kappa shape index (κ1) is 11.2. The number of nitrogens with zero attached hydrogens (tertiary/aromatic N) is 2. The van der Waals surface area contributed by atoms with E-state index in [0.29, 0.717) is 0 Å². The molecule has 0 aromatic carbocycles. The van der Waals surface area contributed by atoms with Gasteiger partial charge in [0.25, 0.3) is 0 Å². The molecule has 92 valence electrons. The summed E-state index contributed by atoms with van der Waals surface area (Å²) in [6.07, 6.45) is 0. The quantitative estimate of drug-likeness (QED) is 0.888. The molecule has 1 aliphatic rings. The van der Waals surface area contributed by atoms with E-state index < -0.39 is 0 Å². The fraction of sp³-hybridized carbons (Fsp3) is 0.583. The highest BCUT2D eigenvalue weighted by atomic mass is 32.1. The monoisotopic (exact) mass is 251 g/mol. The van der Waals surface area contributed by atoms with Gasteiger partial charge in [-0.25, -0.2) is 4.98 Å². The first-order valence-electron chi connectivity index (χ1n) is 5.99. The SMILES string of the molecule is Cc1nc2[nH]c(C)c(CN3CCOCC3)c2s1. The first-order chi connectivity index (χ1) is 8.24. The van der Waals surface area contributed by atoms with Crippen molar-refractivity contribution in [2.75, 3.05) is 26.3 Å². The Morgan fingerprint density at radius 2 is 2.12 bits per heavy atom. The van der Waals surface area contributed by atoms with E-state index in [0.717, 1.165) is 43.5 Å². The molecule has 5 heteroatoms. The minimum atomic E-state index is 0.855. The second kappa shape index (κ2) is 4.40. The maximum absolute atomic E-state index is 5.38. The van der Waals surface area contributed by atoms with E-state index in [-0.39, 0.29) is 0 Å². The Morgan fingerprint density at radius 1 is 1.35 bits per heavy atom. The highest BCUT2D eigenvalue weighted by molar-refractivity contribution is 7.18. The summed E-state index contributed by atoms with van der Waals surface area (Å²) < 4.78 is 6.71. The fourth-order valence-corrected chi connectivity index (χ4v) is 3.28. The standard InChI is InChI=1S/C12H17N3OS/c1-8-10(7-15-3-5-16-6-4-15)11-12(13-8)14-9(2)17-11/h13H,3-7H2,1-2H3. The van der Waals surface area contributed by atoms with Crippen molar-refractivity contribution in [1.82, 2.24) is 14.9 Å². The minimum Gasteiger partial charge on any atom is -0.379 e. The van der Waals surface area contributed by atoms with Crippen LogP contribution in [0.5, 0.6) is 0 Å². The summed E-state index contributed by atoms with van der Waals surface area (Å²) in [7, 11) is 0. The van der Waals surface area contributed by atoms with Gasteiger partial charge in [0.2, 0.25) is 0 Å². The molecule has 1 aliphatic heterocycles. The van der Waals surface area contributed by atoms with E-state index in [1.54, 1.807) is 11.3 Å². The molecule has 0 bridgehead atoms. The molecule has 0 spiro atoms. The molecule has 1 fully saturated rings. The lowest BCUT2D eigenvalue weighted by atomic mass is 10.2. The molecule has 3 heterocycles. The minimum absolute atomic E-state index is 0.855. The number of morpholine rings is 1. The first-order valence-corrected chi connectivity index (χ1v) is 6.80. The molecule has 0 radical (unpaired) electrons. The van der Waals surface area contributed by atoms with Crippen molar-refractivity contribution >= 4 is 21.7 Å². The zero-order valence-electron chi connectivity index (χ0n) is 10.2. The third kappa shape index (κ3) is 2.10. The van der Waals surface area contributed by atoms with E-state index in [2.05, 4.69) is 28.7 Å². The Hall–Kier alpha value is -0.910. The summed E-state index contributed by atoms with van der Waals surface area (Å²) in [6, 6.07) is 0. The summed E-state index contributed by atoms with van der Waals surface area (Å²) in [5.41, 5.74) is 3.71. The average Bonchev–Trinajstić information content (AvgIpc) is 2.79. The number of H-pyrrole nitrogens is 1. The Kier molecular flexibility index (Phi) is 2.90. The number of hydrogen-bond donors (Lipinski definition) is 1. The number of thiazole rings is 1. The number of aromatic amines is 1. The molecule has 2 aromatic rings. The van der Waals surface area contributed by atoms with Crippen LogP contribution in [0.1, 0.15) is 16.3 Å². The predicted molar refractivity (Wildman–Crippen MR) is 69.5 cm³/mol.